The van der Waals surface area contributed by atoms with Crippen molar-refractivity contribution in [1.29, 1.82) is 0 Å². The topological polar surface area (TPSA) is 126 Å². The lowest BCUT2D eigenvalue weighted by atomic mass is 9.40. The Hall–Kier alpha value is -1.07. The molecule has 4 fully saturated rings. The smallest absolute Gasteiger partial charge is 0.320 e. The van der Waals surface area contributed by atoms with Crippen LogP contribution >= 0.6 is 12.4 Å². The van der Waals surface area contributed by atoms with Gasteiger partial charge in [-0.25, -0.2) is 0 Å². The minimum atomic E-state index is -2.21. The van der Waals surface area contributed by atoms with Crippen LogP contribution in [0.25, 0.3) is 0 Å². The molecule has 4 rings (SSSR count). The number of esters is 1. The summed E-state index contributed by atoms with van der Waals surface area (Å²) in [5.74, 6) is -1.74. The first-order valence-electron chi connectivity index (χ1n) is 12.6. The average molecular weight is 532 g/mol. The lowest BCUT2D eigenvalue weighted by molar-refractivity contribution is -0.370. The summed E-state index contributed by atoms with van der Waals surface area (Å²) in [6, 6.07) is 0. The lowest BCUT2D eigenvalue weighted by Crippen LogP contribution is -2.86. The molecular weight excluding hydrogens is 490 g/mol. The second kappa shape index (κ2) is 9.59. The van der Waals surface area contributed by atoms with Gasteiger partial charge in [-0.3, -0.25) is 14.5 Å². The van der Waals surface area contributed by atoms with Gasteiger partial charge in [0.2, 0.25) is 0 Å². The number of halogens is 1. The number of rotatable bonds is 4. The molecule has 0 aromatic heterocycles. The number of ketones is 1. The molecule has 4 aliphatic rings. The fourth-order valence-corrected chi connectivity index (χ4v) is 7.54. The number of fused-ring (bicyclic) bond motifs is 3. The quantitative estimate of drug-likeness (QED) is 0.363. The number of ether oxygens (including phenoxy) is 3. The number of Topliss-reactive ketones (excluding diaryl/α,β-unsaturated/α-hetero) is 1. The number of hydrogen-bond acceptors (Lipinski definition) is 9. The fourth-order valence-electron chi connectivity index (χ4n) is 7.54. The van der Waals surface area contributed by atoms with Crippen LogP contribution in [-0.4, -0.2) is 99.9 Å². The Balaban J connectivity index is 0.00000361. The van der Waals surface area contributed by atoms with Gasteiger partial charge in [0.25, 0.3) is 0 Å². The summed E-state index contributed by atoms with van der Waals surface area (Å²) in [6.07, 6.45) is -1.43. The SMILES string of the molecule is C=C[C@@]1(C)CC(=O)[C@]2(O)[C@@]3(C)[C@@H](O)CCC(C)(C)[C@@H]3[C@H](OC(=O)CN3CCOCC3)[C@H](O)[C@@]2(C)O1.Cl. The molecule has 0 bridgehead atoms. The van der Waals surface area contributed by atoms with Crippen LogP contribution in [0.2, 0.25) is 0 Å². The highest BCUT2D eigenvalue weighted by Crippen LogP contribution is 2.67. The molecule has 0 spiro atoms. The highest BCUT2D eigenvalue weighted by molar-refractivity contribution is 5.92. The van der Waals surface area contributed by atoms with Crippen molar-refractivity contribution in [3.63, 3.8) is 0 Å². The Labute approximate surface area is 219 Å². The standard InChI is InChI=1S/C26H41NO8.ClH/c1-7-23(4)14-17(29)26(32)24(5)16(28)8-9-22(2,3)20(24)19(21(31)25(26,6)35-23)34-18(30)15-27-10-12-33-13-11-27;/h7,16,19-21,28,31-32H,1,8-15H2,2-6H3;1H/t16-,19-,20-,21-,23-,24-,25+,26-;/m0./s1. The molecule has 0 amide bonds. The van der Waals surface area contributed by atoms with Crippen molar-refractivity contribution in [2.45, 2.75) is 89.0 Å². The zero-order valence-corrected chi connectivity index (χ0v) is 22.8. The Kier molecular flexibility index (Phi) is 7.86. The average Bonchev–Trinajstić information content (AvgIpc) is 2.78. The van der Waals surface area contributed by atoms with E-state index in [1.807, 2.05) is 18.7 Å². The summed E-state index contributed by atoms with van der Waals surface area (Å²) in [6.45, 7) is 14.8. The molecule has 0 unspecified atom stereocenters. The summed E-state index contributed by atoms with van der Waals surface area (Å²) >= 11 is 0. The molecule has 2 saturated carbocycles. The van der Waals surface area contributed by atoms with Gasteiger partial charge in [-0.15, -0.1) is 19.0 Å². The minimum absolute atomic E-state index is 0. The molecule has 9 nitrogen and oxygen atoms in total. The van der Waals surface area contributed by atoms with Crippen LogP contribution in [0.3, 0.4) is 0 Å². The summed E-state index contributed by atoms with van der Waals surface area (Å²) in [5.41, 5.74) is -7.20. The summed E-state index contributed by atoms with van der Waals surface area (Å²) in [4.78, 5) is 28.8. The molecule has 0 aromatic rings. The molecule has 2 aliphatic heterocycles. The minimum Gasteiger partial charge on any atom is -0.458 e. The first-order chi connectivity index (χ1) is 16.2. The Bertz CT molecular complexity index is 893. The van der Waals surface area contributed by atoms with Crippen molar-refractivity contribution < 1.29 is 39.1 Å². The highest BCUT2D eigenvalue weighted by Gasteiger charge is 2.81. The fraction of sp³-hybridized carbons (Fsp3) is 0.846. The molecule has 3 N–H and O–H groups in total. The van der Waals surface area contributed by atoms with E-state index in [0.717, 1.165) is 0 Å². The van der Waals surface area contributed by atoms with Gasteiger partial charge in [0.05, 0.1) is 31.5 Å². The number of morpholine rings is 1. The van der Waals surface area contributed by atoms with Gasteiger partial charge < -0.3 is 29.5 Å². The van der Waals surface area contributed by atoms with Crippen LogP contribution in [0, 0.1) is 16.7 Å². The molecule has 2 aliphatic carbocycles. The van der Waals surface area contributed by atoms with E-state index in [0.29, 0.717) is 39.1 Å². The van der Waals surface area contributed by atoms with Crippen LogP contribution < -0.4 is 0 Å². The predicted octanol–water partition coefficient (Wildman–Crippen LogP) is 1.25. The molecule has 10 heteroatoms. The Morgan fingerprint density at radius 3 is 2.39 bits per heavy atom. The van der Waals surface area contributed by atoms with E-state index in [4.69, 9.17) is 14.2 Å². The van der Waals surface area contributed by atoms with E-state index in [-0.39, 0.29) is 25.4 Å². The van der Waals surface area contributed by atoms with Gasteiger partial charge in [-0.05, 0) is 32.1 Å². The monoisotopic (exact) mass is 531 g/mol. The Morgan fingerprint density at radius 1 is 1.19 bits per heavy atom. The van der Waals surface area contributed by atoms with Gasteiger partial charge in [0.15, 0.2) is 11.4 Å². The first-order valence-corrected chi connectivity index (χ1v) is 12.6. The van der Waals surface area contributed by atoms with Crippen molar-refractivity contribution in [2.75, 3.05) is 32.8 Å². The van der Waals surface area contributed by atoms with E-state index < -0.39 is 63.6 Å². The van der Waals surface area contributed by atoms with Crippen LogP contribution in [0.4, 0.5) is 0 Å². The zero-order valence-electron chi connectivity index (χ0n) is 22.0. The van der Waals surface area contributed by atoms with Gasteiger partial charge in [-0.2, -0.15) is 0 Å². The van der Waals surface area contributed by atoms with Crippen molar-refractivity contribution >= 4 is 24.2 Å². The third-order valence-electron chi connectivity index (χ3n) is 9.46. The van der Waals surface area contributed by atoms with Gasteiger partial charge >= 0.3 is 5.97 Å². The maximum Gasteiger partial charge on any atom is 0.320 e. The van der Waals surface area contributed by atoms with Crippen LogP contribution in [0.15, 0.2) is 12.7 Å². The second-order valence-electron chi connectivity index (χ2n) is 12.1. The number of aliphatic hydroxyl groups excluding tert-OH is 2. The molecule has 0 radical (unpaired) electrons. The van der Waals surface area contributed by atoms with E-state index in [2.05, 4.69) is 6.58 Å². The van der Waals surface area contributed by atoms with E-state index >= 15 is 0 Å². The van der Waals surface area contributed by atoms with E-state index in [1.165, 1.54) is 13.0 Å². The number of hydrogen-bond donors (Lipinski definition) is 3. The molecular formula is C26H42ClNO8. The molecule has 2 heterocycles. The number of nitrogens with zero attached hydrogens (tertiary/aromatic N) is 1. The molecule has 2 saturated heterocycles. The van der Waals surface area contributed by atoms with Gasteiger partial charge in [-0.1, -0.05) is 26.8 Å². The normalized spacial score (nSPS) is 46.6. The molecule has 0 aromatic carbocycles. The Morgan fingerprint density at radius 2 is 1.81 bits per heavy atom. The summed E-state index contributed by atoms with van der Waals surface area (Å²) < 4.78 is 17.7. The first kappa shape index (κ1) is 29.5. The summed E-state index contributed by atoms with van der Waals surface area (Å²) in [5, 5.41) is 35.5. The van der Waals surface area contributed by atoms with Crippen LogP contribution in [0.5, 0.6) is 0 Å². The zero-order chi connectivity index (χ0) is 26.0. The maximum atomic E-state index is 13.8. The van der Waals surface area contributed by atoms with E-state index in [1.54, 1.807) is 13.8 Å². The third kappa shape index (κ3) is 4.06. The number of aliphatic hydroxyl groups is 3. The largest absolute Gasteiger partial charge is 0.458 e. The number of carbonyl (C=O) groups is 2. The third-order valence-corrected chi connectivity index (χ3v) is 9.46. The van der Waals surface area contributed by atoms with Crippen molar-refractivity contribution in [1.82, 2.24) is 4.90 Å². The molecule has 8 atom stereocenters. The second-order valence-corrected chi connectivity index (χ2v) is 12.1. The molecule has 36 heavy (non-hydrogen) atoms. The molecule has 206 valence electrons. The predicted molar refractivity (Wildman–Crippen MR) is 134 cm³/mol. The lowest BCUT2D eigenvalue weighted by Gasteiger charge is -2.71. The van der Waals surface area contributed by atoms with Crippen LogP contribution in [0.1, 0.15) is 53.9 Å². The maximum absolute atomic E-state index is 13.8. The van der Waals surface area contributed by atoms with Crippen molar-refractivity contribution in [3.8, 4) is 0 Å². The van der Waals surface area contributed by atoms with Gasteiger partial charge in [0, 0.05) is 30.8 Å². The summed E-state index contributed by atoms with van der Waals surface area (Å²) in [7, 11) is 0. The van der Waals surface area contributed by atoms with Crippen molar-refractivity contribution in [2.24, 2.45) is 16.7 Å². The van der Waals surface area contributed by atoms with Crippen molar-refractivity contribution in [3.05, 3.63) is 12.7 Å². The number of carbonyl (C=O) groups excluding carboxylic acids is 2. The van der Waals surface area contributed by atoms with E-state index in [9.17, 15) is 24.9 Å². The van der Waals surface area contributed by atoms with Gasteiger partial charge in [0.1, 0.15) is 17.8 Å². The van der Waals surface area contributed by atoms with Crippen LogP contribution in [-0.2, 0) is 23.8 Å². The highest BCUT2D eigenvalue weighted by atomic mass is 35.5.